The Morgan fingerprint density at radius 3 is 2.51 bits per heavy atom. The number of aromatic nitrogens is 2. The van der Waals surface area contributed by atoms with Gasteiger partial charge >= 0.3 is 5.97 Å². The number of ether oxygens (including phenoxy) is 1. The highest BCUT2D eigenvalue weighted by Crippen LogP contribution is 2.38. The predicted octanol–water partition coefficient (Wildman–Crippen LogP) is 1.93. The summed E-state index contributed by atoms with van der Waals surface area (Å²) in [5, 5.41) is 19.3. The number of carbonyl (C=O) groups is 1. The van der Waals surface area contributed by atoms with Crippen LogP contribution in [0.2, 0.25) is 0 Å². The molecule has 0 saturated carbocycles. The lowest BCUT2D eigenvalue weighted by molar-refractivity contribution is -0.172. The summed E-state index contributed by atoms with van der Waals surface area (Å²) in [6.07, 6.45) is 1.61. The van der Waals surface area contributed by atoms with Crippen LogP contribution in [0.4, 0.5) is 0 Å². The number of rotatable bonds is 4. The summed E-state index contributed by atoms with van der Waals surface area (Å²) in [7, 11) is -4.02. The Morgan fingerprint density at radius 1 is 1.14 bits per heavy atom. The zero-order valence-corrected chi connectivity index (χ0v) is 24.0. The van der Waals surface area contributed by atoms with Crippen LogP contribution in [0.1, 0.15) is 41.2 Å². The minimum atomic E-state index is -4.02. The van der Waals surface area contributed by atoms with Gasteiger partial charge in [-0.05, 0) is 49.2 Å². The van der Waals surface area contributed by atoms with Gasteiger partial charge in [0.2, 0.25) is 5.96 Å². The number of cyclic esters (lactones) is 1. The SMILES string of the molecule is CCC1(O)C(=O)OCc2c1cc1n(c2=O)Cc2cc3ccc(C=NN=C(N)N)cc3nc2-1.Cc1ccc(S(=O)(=O)O)cc1. The van der Waals surface area contributed by atoms with Crippen molar-refractivity contribution >= 4 is 39.2 Å². The number of carbonyl (C=O) groups excluding carboxylic acids is 1. The van der Waals surface area contributed by atoms with E-state index >= 15 is 0 Å². The lowest BCUT2D eigenvalue weighted by Crippen LogP contribution is -2.44. The van der Waals surface area contributed by atoms with Gasteiger partial charge in [-0.25, -0.2) is 9.78 Å². The molecule has 6 rings (SSSR count). The molecule has 0 bridgehead atoms. The van der Waals surface area contributed by atoms with E-state index in [0.717, 1.165) is 22.1 Å². The zero-order chi connectivity index (χ0) is 31.1. The minimum absolute atomic E-state index is 0.0666. The Hall–Kier alpha value is -4.92. The monoisotopic (exact) mass is 604 g/mol. The van der Waals surface area contributed by atoms with E-state index in [4.69, 9.17) is 25.7 Å². The number of benzene rings is 2. The summed E-state index contributed by atoms with van der Waals surface area (Å²) in [6, 6.07) is 15.3. The van der Waals surface area contributed by atoms with Crippen molar-refractivity contribution in [2.75, 3.05) is 0 Å². The number of hydrogen-bond acceptors (Lipinski definition) is 9. The molecule has 222 valence electrons. The lowest BCUT2D eigenvalue weighted by Gasteiger charge is -2.31. The Kier molecular flexibility index (Phi) is 7.60. The van der Waals surface area contributed by atoms with E-state index in [9.17, 15) is 23.1 Å². The van der Waals surface area contributed by atoms with Gasteiger partial charge < -0.3 is 25.9 Å². The zero-order valence-electron chi connectivity index (χ0n) is 23.2. The molecular formula is C29H28N6O7S. The topological polar surface area (TPSA) is 213 Å². The van der Waals surface area contributed by atoms with E-state index in [0.29, 0.717) is 34.6 Å². The fraction of sp³-hybridized carbons (Fsp3) is 0.207. The fourth-order valence-electron chi connectivity index (χ4n) is 4.95. The first kappa shape index (κ1) is 29.6. The number of nitrogens with two attached hydrogens (primary N) is 2. The van der Waals surface area contributed by atoms with Crippen molar-refractivity contribution in [3.05, 3.63) is 92.8 Å². The van der Waals surface area contributed by atoms with E-state index in [1.165, 1.54) is 18.3 Å². The standard InChI is InChI=1S/C22H20N6O4.C7H8O3S/c1-2-22(31)15-7-17-18-13(9-28(17)19(29)14(15)10-32-20(22)30)6-12-4-3-11(5-16(12)26-18)8-25-27-21(23)24;1-6-2-4-7(5-3-6)11(8,9)10/h3-8,31H,2,9-10H2,1H3,(H4,23,24,27);2-5H,1H3,(H,8,9,10). The highest BCUT2D eigenvalue weighted by Gasteiger charge is 2.45. The molecule has 4 aromatic rings. The molecule has 0 fully saturated rings. The second-order valence-electron chi connectivity index (χ2n) is 10.1. The van der Waals surface area contributed by atoms with Crippen LogP contribution in [-0.2, 0) is 38.4 Å². The maximum Gasteiger partial charge on any atom is 0.343 e. The number of aliphatic hydroxyl groups is 1. The number of esters is 1. The van der Waals surface area contributed by atoms with Crippen molar-refractivity contribution in [3.63, 3.8) is 0 Å². The molecule has 0 amide bonds. The first-order valence-corrected chi connectivity index (χ1v) is 14.5. The van der Waals surface area contributed by atoms with E-state index in [1.807, 2.05) is 31.2 Å². The summed E-state index contributed by atoms with van der Waals surface area (Å²) >= 11 is 0. The van der Waals surface area contributed by atoms with Crippen molar-refractivity contribution in [1.82, 2.24) is 9.55 Å². The van der Waals surface area contributed by atoms with Gasteiger partial charge in [0.25, 0.3) is 15.7 Å². The van der Waals surface area contributed by atoms with E-state index in [2.05, 4.69) is 10.2 Å². The van der Waals surface area contributed by atoms with Gasteiger partial charge in [0, 0.05) is 16.5 Å². The second kappa shape index (κ2) is 11.1. The number of aryl methyl sites for hydroxylation is 1. The van der Waals surface area contributed by atoms with E-state index < -0.39 is 21.7 Å². The second-order valence-corrected chi connectivity index (χ2v) is 11.5. The quantitative estimate of drug-likeness (QED) is 0.0769. The summed E-state index contributed by atoms with van der Waals surface area (Å²) in [6.45, 7) is 3.71. The third-order valence-corrected chi connectivity index (χ3v) is 8.10. The molecule has 0 aliphatic carbocycles. The molecule has 2 aliphatic heterocycles. The normalized spacial score (nSPS) is 17.0. The van der Waals surface area contributed by atoms with E-state index in [1.54, 1.807) is 29.7 Å². The van der Waals surface area contributed by atoms with Gasteiger partial charge in [0.05, 0.1) is 40.1 Å². The van der Waals surface area contributed by atoms with Crippen LogP contribution in [0.3, 0.4) is 0 Å². The Morgan fingerprint density at radius 2 is 1.86 bits per heavy atom. The third kappa shape index (κ3) is 5.62. The molecule has 6 N–H and O–H groups in total. The average molecular weight is 605 g/mol. The highest BCUT2D eigenvalue weighted by molar-refractivity contribution is 7.85. The smallest absolute Gasteiger partial charge is 0.343 e. The van der Waals surface area contributed by atoms with Gasteiger partial charge in [-0.1, -0.05) is 36.8 Å². The lowest BCUT2D eigenvalue weighted by atomic mass is 9.86. The van der Waals surface area contributed by atoms with Crippen molar-refractivity contribution in [2.24, 2.45) is 21.7 Å². The molecule has 4 heterocycles. The van der Waals surface area contributed by atoms with E-state index in [-0.39, 0.29) is 29.4 Å². The predicted molar refractivity (Wildman–Crippen MR) is 159 cm³/mol. The van der Waals surface area contributed by atoms with Gasteiger partial charge in [0.15, 0.2) is 5.60 Å². The van der Waals surface area contributed by atoms with Gasteiger partial charge in [-0.15, -0.1) is 5.10 Å². The summed E-state index contributed by atoms with van der Waals surface area (Å²) in [4.78, 5) is 30.2. The number of fused-ring (bicyclic) bond motifs is 5. The van der Waals surface area contributed by atoms with Crippen molar-refractivity contribution < 1.29 is 27.6 Å². The first-order chi connectivity index (χ1) is 20.3. The molecular weight excluding hydrogens is 576 g/mol. The number of nitrogens with zero attached hydrogens (tertiary/aromatic N) is 4. The third-order valence-electron chi connectivity index (χ3n) is 7.23. The fourth-order valence-corrected chi connectivity index (χ4v) is 5.43. The molecule has 2 aliphatic rings. The van der Waals surface area contributed by atoms with Crippen molar-refractivity contribution in [1.29, 1.82) is 0 Å². The molecule has 43 heavy (non-hydrogen) atoms. The molecule has 0 spiro atoms. The van der Waals surface area contributed by atoms with Crippen LogP contribution in [0.25, 0.3) is 22.3 Å². The molecule has 13 nitrogen and oxygen atoms in total. The summed E-state index contributed by atoms with van der Waals surface area (Å²) in [5.74, 6) is -0.884. The number of hydrogen-bond donors (Lipinski definition) is 4. The Balaban J connectivity index is 0.000000283. The molecule has 2 aromatic heterocycles. The molecule has 2 aromatic carbocycles. The summed E-state index contributed by atoms with van der Waals surface area (Å²) < 4.78 is 36.3. The van der Waals surface area contributed by atoms with Crippen molar-refractivity contribution in [3.8, 4) is 11.4 Å². The van der Waals surface area contributed by atoms with Crippen LogP contribution in [-0.4, -0.2) is 45.8 Å². The largest absolute Gasteiger partial charge is 0.458 e. The summed E-state index contributed by atoms with van der Waals surface area (Å²) in [5.41, 5.74) is 13.5. The van der Waals surface area contributed by atoms with Gasteiger partial charge in [-0.2, -0.15) is 13.5 Å². The maximum absolute atomic E-state index is 13.2. The number of guanidine groups is 1. The number of pyridine rings is 2. The molecule has 1 atom stereocenters. The van der Waals surface area contributed by atoms with Gasteiger partial charge in [-0.3, -0.25) is 9.35 Å². The molecule has 1 unspecified atom stereocenters. The molecule has 14 heteroatoms. The Bertz CT molecular complexity index is 2000. The Labute approximate surface area is 245 Å². The first-order valence-electron chi connectivity index (χ1n) is 13.1. The van der Waals surface area contributed by atoms with Crippen LogP contribution in [0.5, 0.6) is 0 Å². The van der Waals surface area contributed by atoms with Gasteiger partial charge in [0.1, 0.15) is 6.61 Å². The van der Waals surface area contributed by atoms with Crippen LogP contribution in [0, 0.1) is 6.92 Å². The highest BCUT2D eigenvalue weighted by atomic mass is 32.2. The van der Waals surface area contributed by atoms with Crippen LogP contribution in [0.15, 0.2) is 74.5 Å². The molecule has 0 radical (unpaired) electrons. The van der Waals surface area contributed by atoms with Crippen LogP contribution >= 0.6 is 0 Å². The average Bonchev–Trinajstić information content (AvgIpc) is 3.31. The minimum Gasteiger partial charge on any atom is -0.458 e. The maximum atomic E-state index is 13.2. The molecule has 0 saturated heterocycles. The van der Waals surface area contributed by atoms with Crippen molar-refractivity contribution in [2.45, 2.75) is 43.9 Å². The van der Waals surface area contributed by atoms with Crippen LogP contribution < -0.4 is 17.0 Å².